The number of hydrogen-bond donors (Lipinski definition) is 1. The number of alkyl halides is 1. The summed E-state index contributed by atoms with van der Waals surface area (Å²) in [6, 6.07) is 0. The van der Waals surface area contributed by atoms with Crippen molar-refractivity contribution in [2.75, 3.05) is 0 Å². The fourth-order valence-corrected chi connectivity index (χ4v) is 1.45. The van der Waals surface area contributed by atoms with E-state index in [1.165, 1.54) is 0 Å². The molecule has 5 heteroatoms. The summed E-state index contributed by atoms with van der Waals surface area (Å²) in [5.74, 6) is -1.89. The Hall–Kier alpha value is -0.580. The number of aliphatic carboxylic acids is 1. The Morgan fingerprint density at radius 1 is 1.44 bits per heavy atom. The van der Waals surface area contributed by atoms with Crippen LogP contribution in [0.25, 0.3) is 0 Å². The number of ether oxygens (including phenoxy) is 1. The molecule has 2 atom stereocenters. The Bertz CT molecular complexity index is 254. The molecule has 0 aromatic rings. The molecular formula is C11H19BrO4. The zero-order valence-electron chi connectivity index (χ0n) is 9.96. The summed E-state index contributed by atoms with van der Waals surface area (Å²) >= 11 is 3.00. The average Bonchev–Trinajstić information content (AvgIpc) is 2.24. The van der Waals surface area contributed by atoms with Gasteiger partial charge in [0.05, 0.1) is 6.10 Å². The van der Waals surface area contributed by atoms with E-state index in [1.54, 1.807) is 6.92 Å². The van der Waals surface area contributed by atoms with Crippen LogP contribution in [0.15, 0.2) is 0 Å². The zero-order valence-corrected chi connectivity index (χ0v) is 11.5. The molecule has 0 bridgehead atoms. The molecule has 0 radical (unpaired) electrons. The number of esters is 1. The van der Waals surface area contributed by atoms with Gasteiger partial charge in [-0.15, -0.1) is 0 Å². The van der Waals surface area contributed by atoms with Gasteiger partial charge in [-0.2, -0.15) is 0 Å². The van der Waals surface area contributed by atoms with Gasteiger partial charge in [-0.3, -0.25) is 4.79 Å². The topological polar surface area (TPSA) is 63.6 Å². The molecule has 16 heavy (non-hydrogen) atoms. The van der Waals surface area contributed by atoms with E-state index >= 15 is 0 Å². The maximum atomic E-state index is 11.7. The van der Waals surface area contributed by atoms with Gasteiger partial charge in [0.15, 0.2) is 0 Å². The molecule has 0 spiro atoms. The van der Waals surface area contributed by atoms with Gasteiger partial charge in [0.1, 0.15) is 0 Å². The van der Waals surface area contributed by atoms with Crippen molar-refractivity contribution in [2.45, 2.75) is 56.9 Å². The van der Waals surface area contributed by atoms with Crippen LogP contribution in [0, 0.1) is 0 Å². The molecule has 94 valence electrons. The maximum Gasteiger partial charge on any atom is 0.334 e. The molecule has 0 rings (SSSR count). The van der Waals surface area contributed by atoms with Gasteiger partial charge in [0.25, 0.3) is 0 Å². The summed E-state index contributed by atoms with van der Waals surface area (Å²) in [6.07, 6.45) is 2.14. The fraction of sp³-hybridized carbons (Fsp3) is 0.818. The third kappa shape index (κ3) is 4.12. The van der Waals surface area contributed by atoms with Crippen molar-refractivity contribution in [2.24, 2.45) is 0 Å². The number of carboxylic acids is 1. The highest BCUT2D eigenvalue weighted by Crippen LogP contribution is 2.28. The lowest BCUT2D eigenvalue weighted by Gasteiger charge is -2.22. The Morgan fingerprint density at radius 2 is 2.00 bits per heavy atom. The number of rotatable bonds is 7. The highest BCUT2D eigenvalue weighted by molar-refractivity contribution is 9.10. The van der Waals surface area contributed by atoms with Crippen molar-refractivity contribution >= 4 is 27.9 Å². The van der Waals surface area contributed by atoms with Crippen LogP contribution in [0.2, 0.25) is 0 Å². The Morgan fingerprint density at radius 3 is 2.38 bits per heavy atom. The van der Waals surface area contributed by atoms with E-state index in [-0.39, 0.29) is 12.5 Å². The second-order valence-corrected chi connectivity index (χ2v) is 5.19. The van der Waals surface area contributed by atoms with E-state index < -0.39 is 16.3 Å². The van der Waals surface area contributed by atoms with E-state index in [2.05, 4.69) is 15.9 Å². The zero-order chi connectivity index (χ0) is 12.8. The molecule has 0 amide bonds. The Kier molecular flexibility index (Phi) is 6.64. The molecule has 0 aromatic carbocycles. The quantitative estimate of drug-likeness (QED) is 0.445. The van der Waals surface area contributed by atoms with Crippen molar-refractivity contribution in [1.29, 1.82) is 0 Å². The smallest absolute Gasteiger partial charge is 0.334 e. The molecular weight excluding hydrogens is 276 g/mol. The minimum absolute atomic E-state index is 0.244. The number of carbonyl (C=O) groups excluding carboxylic acids is 1. The van der Waals surface area contributed by atoms with Crippen LogP contribution in [-0.4, -0.2) is 27.5 Å². The SMILES string of the molecule is CCCCC(Br)(C(=O)O)C(=O)OC(C)CC. The van der Waals surface area contributed by atoms with E-state index in [0.717, 1.165) is 6.42 Å². The first kappa shape index (κ1) is 15.4. The summed E-state index contributed by atoms with van der Waals surface area (Å²) in [7, 11) is 0. The molecule has 0 aliphatic heterocycles. The monoisotopic (exact) mass is 294 g/mol. The molecule has 1 N–H and O–H groups in total. The van der Waals surface area contributed by atoms with Gasteiger partial charge in [0.2, 0.25) is 4.32 Å². The number of hydrogen-bond acceptors (Lipinski definition) is 3. The third-order valence-electron chi connectivity index (χ3n) is 2.42. The first-order chi connectivity index (χ1) is 7.38. The lowest BCUT2D eigenvalue weighted by molar-refractivity contribution is -0.159. The minimum atomic E-state index is -1.59. The molecule has 0 aromatic heterocycles. The van der Waals surface area contributed by atoms with Gasteiger partial charge in [-0.05, 0) is 19.8 Å². The van der Waals surface area contributed by atoms with Crippen LogP contribution in [0.4, 0.5) is 0 Å². The molecule has 4 nitrogen and oxygen atoms in total. The van der Waals surface area contributed by atoms with Crippen molar-refractivity contribution in [3.8, 4) is 0 Å². The number of halogens is 1. The fourth-order valence-electron chi connectivity index (χ4n) is 1.08. The Balaban J connectivity index is 4.63. The van der Waals surface area contributed by atoms with Crippen LogP contribution in [0.3, 0.4) is 0 Å². The molecule has 0 saturated heterocycles. The molecule has 0 saturated carbocycles. The van der Waals surface area contributed by atoms with Gasteiger partial charge < -0.3 is 9.84 Å². The third-order valence-corrected chi connectivity index (χ3v) is 3.48. The van der Waals surface area contributed by atoms with E-state index in [9.17, 15) is 9.59 Å². The Labute approximate surface area is 104 Å². The van der Waals surface area contributed by atoms with E-state index in [0.29, 0.717) is 12.8 Å². The first-order valence-electron chi connectivity index (χ1n) is 5.51. The summed E-state index contributed by atoms with van der Waals surface area (Å²) in [6.45, 7) is 5.56. The van der Waals surface area contributed by atoms with E-state index in [1.807, 2.05) is 13.8 Å². The average molecular weight is 295 g/mol. The minimum Gasteiger partial charge on any atom is -0.480 e. The predicted molar refractivity (Wildman–Crippen MR) is 64.7 cm³/mol. The number of unbranched alkanes of at least 4 members (excludes halogenated alkanes) is 1. The summed E-state index contributed by atoms with van der Waals surface area (Å²) in [5.41, 5.74) is 0. The van der Waals surface area contributed by atoms with Crippen molar-refractivity contribution in [3.05, 3.63) is 0 Å². The largest absolute Gasteiger partial charge is 0.480 e. The van der Waals surface area contributed by atoms with Crippen LogP contribution < -0.4 is 0 Å². The maximum absolute atomic E-state index is 11.7. The van der Waals surface area contributed by atoms with Gasteiger partial charge >= 0.3 is 11.9 Å². The number of carbonyl (C=O) groups is 2. The lowest BCUT2D eigenvalue weighted by atomic mass is 10.0. The molecule has 0 heterocycles. The highest BCUT2D eigenvalue weighted by Gasteiger charge is 2.45. The highest BCUT2D eigenvalue weighted by atomic mass is 79.9. The first-order valence-corrected chi connectivity index (χ1v) is 6.31. The predicted octanol–water partition coefficient (Wildman–Crippen LogP) is 2.74. The lowest BCUT2D eigenvalue weighted by Crippen LogP contribution is -2.43. The molecule has 0 aliphatic rings. The van der Waals surface area contributed by atoms with Crippen LogP contribution >= 0.6 is 15.9 Å². The summed E-state index contributed by atoms with van der Waals surface area (Å²) in [5, 5.41) is 9.07. The normalized spacial score (nSPS) is 16.2. The van der Waals surface area contributed by atoms with Gasteiger partial charge in [-0.25, -0.2) is 4.79 Å². The standard InChI is InChI=1S/C11H19BrO4/c1-4-6-7-11(12,9(13)14)10(15)16-8(3)5-2/h8H,4-7H2,1-3H3,(H,13,14). The second-order valence-electron chi connectivity index (χ2n) is 3.83. The van der Waals surface area contributed by atoms with Crippen molar-refractivity contribution in [3.63, 3.8) is 0 Å². The van der Waals surface area contributed by atoms with Crippen LogP contribution in [0.1, 0.15) is 46.5 Å². The van der Waals surface area contributed by atoms with Crippen molar-refractivity contribution in [1.82, 2.24) is 0 Å². The molecule has 0 aliphatic carbocycles. The van der Waals surface area contributed by atoms with Crippen LogP contribution in [0.5, 0.6) is 0 Å². The van der Waals surface area contributed by atoms with Gasteiger partial charge in [0, 0.05) is 0 Å². The van der Waals surface area contributed by atoms with E-state index in [4.69, 9.17) is 9.84 Å². The van der Waals surface area contributed by atoms with Crippen molar-refractivity contribution < 1.29 is 19.4 Å². The second kappa shape index (κ2) is 6.89. The van der Waals surface area contributed by atoms with Gasteiger partial charge in [-0.1, -0.05) is 42.6 Å². The number of carboxylic acid groups (broad SMARTS) is 1. The van der Waals surface area contributed by atoms with Crippen LogP contribution in [-0.2, 0) is 14.3 Å². The molecule has 0 fully saturated rings. The summed E-state index contributed by atoms with van der Waals surface area (Å²) in [4.78, 5) is 22.8. The summed E-state index contributed by atoms with van der Waals surface area (Å²) < 4.78 is 3.47. The molecule has 2 unspecified atom stereocenters.